The average Bonchev–Trinajstić information content (AvgIpc) is 2.72. The van der Waals surface area contributed by atoms with Gasteiger partial charge in [0.25, 0.3) is 0 Å². The minimum atomic E-state index is -0.878. The number of carboxylic acids is 1. The van der Waals surface area contributed by atoms with Crippen LogP contribution in [0.2, 0.25) is 0 Å². The Balaban J connectivity index is 2.36. The Morgan fingerprint density at radius 1 is 1.47 bits per heavy atom. The van der Waals surface area contributed by atoms with E-state index in [1.54, 1.807) is 22.5 Å². The van der Waals surface area contributed by atoms with Crippen LogP contribution in [0.4, 0.5) is 0 Å². The van der Waals surface area contributed by atoms with Crippen LogP contribution in [0, 0.1) is 13.8 Å². The van der Waals surface area contributed by atoms with Gasteiger partial charge in [-0.15, -0.1) is 11.8 Å². The second-order valence-corrected chi connectivity index (χ2v) is 5.83. The van der Waals surface area contributed by atoms with Gasteiger partial charge >= 0.3 is 5.97 Å². The molecule has 1 aliphatic heterocycles. The van der Waals surface area contributed by atoms with Crippen molar-refractivity contribution >= 4 is 17.7 Å². The van der Waals surface area contributed by atoms with E-state index in [1.165, 1.54) is 5.56 Å². The summed E-state index contributed by atoms with van der Waals surface area (Å²) in [6.07, 6.45) is 2.01. The van der Waals surface area contributed by atoms with E-state index in [2.05, 4.69) is 5.10 Å². The number of benzene rings is 1. The van der Waals surface area contributed by atoms with E-state index in [1.807, 2.05) is 27.1 Å². The van der Waals surface area contributed by atoms with E-state index in [0.717, 1.165) is 33.0 Å². The summed E-state index contributed by atoms with van der Waals surface area (Å²) >= 11 is 1.76. The topological polar surface area (TPSA) is 55.1 Å². The fraction of sp³-hybridized carbons (Fsp3) is 0.286. The number of aromatic nitrogens is 2. The van der Waals surface area contributed by atoms with Crippen molar-refractivity contribution in [2.45, 2.75) is 24.5 Å². The molecule has 0 bridgehead atoms. The van der Waals surface area contributed by atoms with Gasteiger partial charge < -0.3 is 5.11 Å². The monoisotopic (exact) mass is 274 g/mol. The van der Waals surface area contributed by atoms with E-state index < -0.39 is 5.97 Å². The predicted molar refractivity (Wildman–Crippen MR) is 74.6 cm³/mol. The zero-order valence-corrected chi connectivity index (χ0v) is 11.8. The highest BCUT2D eigenvalue weighted by Gasteiger charge is 2.26. The number of thioether (sulfide) groups is 1. The minimum Gasteiger partial charge on any atom is -0.478 e. The number of nitrogens with zero attached hydrogens (tertiary/aromatic N) is 2. The van der Waals surface area contributed by atoms with Gasteiger partial charge in [-0.05, 0) is 31.0 Å². The Morgan fingerprint density at radius 3 is 2.89 bits per heavy atom. The lowest BCUT2D eigenvalue weighted by molar-refractivity contribution is 0.0696. The number of rotatable bonds is 1. The summed E-state index contributed by atoms with van der Waals surface area (Å²) in [7, 11) is 1.89. The molecule has 1 N–H and O–H groups in total. The molecule has 0 saturated heterocycles. The molecule has 0 saturated carbocycles. The molecule has 1 aliphatic rings. The number of carboxylic acid groups (broad SMARTS) is 1. The van der Waals surface area contributed by atoms with Gasteiger partial charge in [0.05, 0.1) is 11.3 Å². The molecule has 5 heteroatoms. The Morgan fingerprint density at radius 2 is 2.21 bits per heavy atom. The van der Waals surface area contributed by atoms with Crippen molar-refractivity contribution in [3.63, 3.8) is 0 Å². The third-order valence-electron chi connectivity index (χ3n) is 3.47. The Hall–Kier alpha value is -1.75. The van der Waals surface area contributed by atoms with Gasteiger partial charge in [-0.25, -0.2) is 4.79 Å². The van der Waals surface area contributed by atoms with E-state index in [-0.39, 0.29) is 0 Å². The molecule has 0 radical (unpaired) electrons. The second-order valence-electron chi connectivity index (χ2n) is 4.84. The fourth-order valence-corrected chi connectivity index (χ4v) is 3.78. The summed E-state index contributed by atoms with van der Waals surface area (Å²) in [4.78, 5) is 12.5. The summed E-state index contributed by atoms with van der Waals surface area (Å²) in [6.45, 7) is 3.83. The molecule has 0 atom stereocenters. The zero-order valence-electron chi connectivity index (χ0n) is 11.0. The first-order valence-electron chi connectivity index (χ1n) is 6.02. The lowest BCUT2D eigenvalue weighted by Crippen LogP contribution is -2.07. The molecule has 1 aromatic heterocycles. The third-order valence-corrected chi connectivity index (χ3v) is 4.74. The maximum Gasteiger partial charge on any atom is 0.335 e. The predicted octanol–water partition coefficient (Wildman–Crippen LogP) is 3.01. The number of hydrogen-bond donors (Lipinski definition) is 1. The summed E-state index contributed by atoms with van der Waals surface area (Å²) in [5.74, 6) is 0.0135. The van der Waals surface area contributed by atoms with Crippen molar-refractivity contribution in [3.8, 4) is 11.3 Å². The molecular formula is C14H14N2O2S. The highest BCUT2D eigenvalue weighted by Crippen LogP contribution is 2.45. The summed E-state index contributed by atoms with van der Waals surface area (Å²) < 4.78 is 1.79. The van der Waals surface area contributed by atoms with Gasteiger partial charge in [-0.3, -0.25) is 4.68 Å². The first-order chi connectivity index (χ1) is 8.99. The lowest BCUT2D eigenvalue weighted by atomic mass is 9.95. The highest BCUT2D eigenvalue weighted by molar-refractivity contribution is 7.98. The number of hydrogen-bond acceptors (Lipinski definition) is 3. The molecule has 19 heavy (non-hydrogen) atoms. The van der Waals surface area contributed by atoms with Crippen LogP contribution >= 0.6 is 11.8 Å². The van der Waals surface area contributed by atoms with Crippen molar-refractivity contribution in [2.75, 3.05) is 0 Å². The van der Waals surface area contributed by atoms with Gasteiger partial charge in [0.1, 0.15) is 0 Å². The molecule has 2 heterocycles. The van der Waals surface area contributed by atoms with Gasteiger partial charge in [0, 0.05) is 35.0 Å². The summed E-state index contributed by atoms with van der Waals surface area (Å²) in [6, 6.07) is 1.76. The second kappa shape index (κ2) is 4.13. The van der Waals surface area contributed by atoms with Gasteiger partial charge in [-0.1, -0.05) is 0 Å². The van der Waals surface area contributed by atoms with E-state index in [9.17, 15) is 9.90 Å². The molecule has 1 aromatic carbocycles. The molecule has 0 aliphatic carbocycles. The van der Waals surface area contributed by atoms with Crippen molar-refractivity contribution in [2.24, 2.45) is 7.05 Å². The van der Waals surface area contributed by atoms with Gasteiger partial charge in [-0.2, -0.15) is 5.10 Å². The van der Waals surface area contributed by atoms with Crippen LogP contribution in [0.15, 0.2) is 17.2 Å². The van der Waals surface area contributed by atoms with Crippen molar-refractivity contribution in [1.29, 1.82) is 0 Å². The molecule has 3 rings (SSSR count). The molecule has 98 valence electrons. The first kappa shape index (κ1) is 12.3. The summed E-state index contributed by atoms with van der Waals surface area (Å²) in [5, 5.41) is 13.8. The van der Waals surface area contributed by atoms with Crippen LogP contribution in [-0.2, 0) is 12.8 Å². The Kier molecular flexibility index (Phi) is 2.67. The van der Waals surface area contributed by atoms with Crippen LogP contribution in [-0.4, -0.2) is 20.9 Å². The highest BCUT2D eigenvalue weighted by atomic mass is 32.2. The standard InChI is InChI=1S/C14H14N2O2S/c1-7-4-10(14(17)18)8(2)11-12-9(5-16(3)15-12)6-19-13(7)11/h4-5H,6H2,1-3H3,(H,17,18). The molecule has 0 spiro atoms. The van der Waals surface area contributed by atoms with Crippen LogP contribution in [0.25, 0.3) is 11.3 Å². The smallest absolute Gasteiger partial charge is 0.335 e. The zero-order chi connectivity index (χ0) is 13.7. The average molecular weight is 274 g/mol. The van der Waals surface area contributed by atoms with Crippen LogP contribution in [0.3, 0.4) is 0 Å². The van der Waals surface area contributed by atoms with Crippen molar-refractivity contribution in [1.82, 2.24) is 9.78 Å². The third kappa shape index (κ3) is 1.76. The fourth-order valence-electron chi connectivity index (χ4n) is 2.59. The van der Waals surface area contributed by atoms with Crippen LogP contribution < -0.4 is 0 Å². The number of carbonyl (C=O) groups is 1. The molecule has 4 nitrogen and oxygen atoms in total. The Labute approximate surface area is 115 Å². The SMILES string of the molecule is Cc1cc(C(=O)O)c(C)c2c1SCc1cn(C)nc1-2. The number of fused-ring (bicyclic) bond motifs is 3. The van der Waals surface area contributed by atoms with Crippen LogP contribution in [0.5, 0.6) is 0 Å². The summed E-state index contributed by atoms with van der Waals surface area (Å²) in [5.41, 5.74) is 5.28. The molecule has 2 aromatic rings. The quantitative estimate of drug-likeness (QED) is 0.868. The Bertz CT molecular complexity index is 704. The normalized spacial score (nSPS) is 13.0. The van der Waals surface area contributed by atoms with Crippen LogP contribution in [0.1, 0.15) is 27.0 Å². The minimum absolute atomic E-state index is 0.371. The first-order valence-corrected chi connectivity index (χ1v) is 7.00. The van der Waals surface area contributed by atoms with Gasteiger partial charge in [0.2, 0.25) is 0 Å². The van der Waals surface area contributed by atoms with E-state index in [4.69, 9.17) is 0 Å². The van der Waals surface area contributed by atoms with E-state index >= 15 is 0 Å². The number of aryl methyl sites for hydroxylation is 2. The largest absolute Gasteiger partial charge is 0.478 e. The van der Waals surface area contributed by atoms with Crippen molar-refractivity contribution in [3.05, 3.63) is 34.5 Å². The number of aromatic carboxylic acids is 1. The maximum atomic E-state index is 11.3. The molecule has 0 fully saturated rings. The maximum absolute atomic E-state index is 11.3. The lowest BCUT2D eigenvalue weighted by Gasteiger charge is -2.20. The molecule has 0 unspecified atom stereocenters. The van der Waals surface area contributed by atoms with Crippen molar-refractivity contribution < 1.29 is 9.90 Å². The molecular weight excluding hydrogens is 260 g/mol. The molecule has 0 amide bonds. The van der Waals surface area contributed by atoms with E-state index in [0.29, 0.717) is 5.56 Å². The van der Waals surface area contributed by atoms with Gasteiger partial charge in [0.15, 0.2) is 0 Å².